The number of carbonyl (C=O) groups is 3. The number of ketones is 2. The molecule has 2 rings (SSSR count). The van der Waals surface area contributed by atoms with Crippen molar-refractivity contribution in [3.8, 4) is 0 Å². The molecule has 24 heavy (non-hydrogen) atoms. The Balaban J connectivity index is 2.33. The van der Waals surface area contributed by atoms with Crippen LogP contribution in [0.2, 0.25) is 0 Å². The molecule has 0 bridgehead atoms. The van der Waals surface area contributed by atoms with Crippen molar-refractivity contribution in [3.63, 3.8) is 0 Å². The summed E-state index contributed by atoms with van der Waals surface area (Å²) in [4.78, 5) is 45.4. The Labute approximate surface area is 137 Å². The average molecular weight is 326 g/mol. The van der Waals surface area contributed by atoms with Crippen LogP contribution in [0.15, 0.2) is 48.5 Å². The molecule has 0 fully saturated rings. The maximum Gasteiger partial charge on any atom is 0.293 e. The van der Waals surface area contributed by atoms with E-state index in [0.29, 0.717) is 5.56 Å². The Bertz CT molecular complexity index is 815. The van der Waals surface area contributed by atoms with Gasteiger partial charge in [0.1, 0.15) is 11.5 Å². The lowest BCUT2D eigenvalue weighted by Gasteiger charge is -2.07. The van der Waals surface area contributed by atoms with Crippen LogP contribution in [-0.4, -0.2) is 22.4 Å². The maximum absolute atomic E-state index is 12.3. The second-order valence-electron chi connectivity index (χ2n) is 5.11. The van der Waals surface area contributed by atoms with Crippen molar-refractivity contribution in [1.29, 1.82) is 0 Å². The monoisotopic (exact) mass is 326 g/mol. The standard InChI is InChI=1S/C17H14N2O5/c1-11(20)9-16(21)18-14-8-7-13(10-15(14)19(23)24)17(22)12-5-3-2-4-6-12/h2-8,10H,9H2,1H3,(H,18,21). The highest BCUT2D eigenvalue weighted by molar-refractivity contribution is 6.10. The Hall–Kier alpha value is -3.35. The summed E-state index contributed by atoms with van der Waals surface area (Å²) in [5, 5.41) is 13.5. The number of nitro groups is 1. The second kappa shape index (κ2) is 7.28. The molecule has 7 heteroatoms. The van der Waals surface area contributed by atoms with Gasteiger partial charge in [-0.15, -0.1) is 0 Å². The third-order valence-electron chi connectivity index (χ3n) is 3.18. The molecule has 0 saturated heterocycles. The van der Waals surface area contributed by atoms with Gasteiger partial charge in [-0.25, -0.2) is 0 Å². The van der Waals surface area contributed by atoms with E-state index in [0.717, 1.165) is 6.07 Å². The van der Waals surface area contributed by atoms with E-state index in [2.05, 4.69) is 5.32 Å². The molecule has 1 N–H and O–H groups in total. The zero-order valence-corrected chi connectivity index (χ0v) is 12.8. The van der Waals surface area contributed by atoms with Gasteiger partial charge in [0, 0.05) is 17.2 Å². The largest absolute Gasteiger partial charge is 0.320 e. The van der Waals surface area contributed by atoms with Crippen molar-refractivity contribution in [2.45, 2.75) is 13.3 Å². The summed E-state index contributed by atoms with van der Waals surface area (Å²) in [7, 11) is 0. The van der Waals surface area contributed by atoms with E-state index in [9.17, 15) is 24.5 Å². The van der Waals surface area contributed by atoms with Gasteiger partial charge in [0.15, 0.2) is 5.78 Å². The number of nitrogens with one attached hydrogen (secondary N) is 1. The Morgan fingerprint density at radius 1 is 1.04 bits per heavy atom. The molecule has 0 heterocycles. The lowest BCUT2D eigenvalue weighted by Crippen LogP contribution is -2.16. The van der Waals surface area contributed by atoms with Crippen LogP contribution in [0.4, 0.5) is 11.4 Å². The highest BCUT2D eigenvalue weighted by Gasteiger charge is 2.20. The molecule has 1 amide bonds. The summed E-state index contributed by atoms with van der Waals surface area (Å²) in [6.07, 6.45) is -0.373. The van der Waals surface area contributed by atoms with Crippen molar-refractivity contribution in [2.24, 2.45) is 0 Å². The average Bonchev–Trinajstić information content (AvgIpc) is 2.54. The first-order chi connectivity index (χ1) is 11.4. The number of hydrogen-bond donors (Lipinski definition) is 1. The first kappa shape index (κ1) is 17.0. The van der Waals surface area contributed by atoms with E-state index >= 15 is 0 Å². The number of nitrogens with zero attached hydrogens (tertiary/aromatic N) is 1. The first-order valence-corrected chi connectivity index (χ1v) is 7.06. The number of carbonyl (C=O) groups excluding carboxylic acids is 3. The van der Waals surface area contributed by atoms with E-state index in [-0.39, 0.29) is 29.2 Å². The van der Waals surface area contributed by atoms with Gasteiger partial charge in [-0.1, -0.05) is 30.3 Å². The lowest BCUT2D eigenvalue weighted by molar-refractivity contribution is -0.384. The number of nitro benzene ring substituents is 1. The number of anilines is 1. The highest BCUT2D eigenvalue weighted by Crippen LogP contribution is 2.27. The molecule has 2 aromatic carbocycles. The van der Waals surface area contributed by atoms with Crippen LogP contribution in [-0.2, 0) is 9.59 Å². The van der Waals surface area contributed by atoms with Crippen LogP contribution in [0.3, 0.4) is 0 Å². The summed E-state index contributed by atoms with van der Waals surface area (Å²) in [6.45, 7) is 1.25. The number of Topliss-reactive ketones (excluding diaryl/α,β-unsaturated/α-hetero) is 1. The molecule has 0 aromatic heterocycles. The molecule has 0 saturated carbocycles. The molecular weight excluding hydrogens is 312 g/mol. The van der Waals surface area contributed by atoms with Crippen LogP contribution in [0.1, 0.15) is 29.3 Å². The second-order valence-corrected chi connectivity index (χ2v) is 5.11. The highest BCUT2D eigenvalue weighted by atomic mass is 16.6. The molecule has 0 atom stereocenters. The van der Waals surface area contributed by atoms with Crippen molar-refractivity contribution < 1.29 is 19.3 Å². The third-order valence-corrected chi connectivity index (χ3v) is 3.18. The van der Waals surface area contributed by atoms with Gasteiger partial charge in [-0.3, -0.25) is 24.5 Å². The van der Waals surface area contributed by atoms with Crippen molar-refractivity contribution in [3.05, 3.63) is 69.8 Å². The molecule has 0 radical (unpaired) electrons. The van der Waals surface area contributed by atoms with Gasteiger partial charge in [0.05, 0.1) is 11.3 Å². The zero-order valence-electron chi connectivity index (χ0n) is 12.8. The zero-order chi connectivity index (χ0) is 17.7. The van der Waals surface area contributed by atoms with Crippen molar-refractivity contribution >= 4 is 28.8 Å². The number of benzene rings is 2. The fraction of sp³-hybridized carbons (Fsp3) is 0.118. The number of rotatable bonds is 6. The van der Waals surface area contributed by atoms with Gasteiger partial charge in [0.25, 0.3) is 5.69 Å². The van der Waals surface area contributed by atoms with Gasteiger partial charge < -0.3 is 5.32 Å². The van der Waals surface area contributed by atoms with Crippen molar-refractivity contribution in [2.75, 3.05) is 5.32 Å². The maximum atomic E-state index is 12.3. The summed E-state index contributed by atoms with van der Waals surface area (Å²) >= 11 is 0. The quantitative estimate of drug-likeness (QED) is 0.380. The molecule has 0 aliphatic rings. The van der Waals surface area contributed by atoms with Crippen molar-refractivity contribution in [1.82, 2.24) is 0 Å². The predicted octanol–water partition coefficient (Wildman–Crippen LogP) is 2.74. The van der Waals surface area contributed by atoms with Crippen LogP contribution in [0.25, 0.3) is 0 Å². The van der Waals surface area contributed by atoms with Gasteiger partial charge in [-0.2, -0.15) is 0 Å². The molecular formula is C17H14N2O5. The fourth-order valence-electron chi connectivity index (χ4n) is 2.11. The molecule has 0 spiro atoms. The molecule has 122 valence electrons. The number of hydrogen-bond acceptors (Lipinski definition) is 5. The lowest BCUT2D eigenvalue weighted by atomic mass is 10.0. The first-order valence-electron chi connectivity index (χ1n) is 7.06. The molecule has 0 unspecified atom stereocenters. The van der Waals surface area contributed by atoms with E-state index in [1.807, 2.05) is 0 Å². The Kier molecular flexibility index (Phi) is 5.16. The number of amides is 1. The summed E-state index contributed by atoms with van der Waals surface area (Å²) in [5.41, 5.74) is 0.0715. The minimum absolute atomic E-state index is 0.0594. The van der Waals surface area contributed by atoms with Gasteiger partial charge in [0.2, 0.25) is 5.91 Å². The van der Waals surface area contributed by atoms with Crippen LogP contribution >= 0.6 is 0 Å². The minimum atomic E-state index is -0.689. The van der Waals surface area contributed by atoms with Crippen LogP contribution < -0.4 is 5.32 Å². The Morgan fingerprint density at radius 2 is 1.71 bits per heavy atom. The van der Waals surface area contributed by atoms with Gasteiger partial charge in [-0.05, 0) is 19.1 Å². The molecule has 0 aliphatic carbocycles. The third kappa shape index (κ3) is 4.10. The topological polar surface area (TPSA) is 106 Å². The molecule has 2 aromatic rings. The smallest absolute Gasteiger partial charge is 0.293 e. The van der Waals surface area contributed by atoms with E-state index in [4.69, 9.17) is 0 Å². The normalized spacial score (nSPS) is 10.0. The SMILES string of the molecule is CC(=O)CC(=O)Nc1ccc(C(=O)c2ccccc2)cc1[N+](=O)[O-]. The summed E-state index contributed by atoms with van der Waals surface area (Å²) in [5.74, 6) is -1.36. The van der Waals surface area contributed by atoms with Crippen LogP contribution in [0.5, 0.6) is 0 Å². The Morgan fingerprint density at radius 3 is 2.29 bits per heavy atom. The minimum Gasteiger partial charge on any atom is -0.320 e. The summed E-state index contributed by atoms with van der Waals surface area (Å²) < 4.78 is 0. The summed E-state index contributed by atoms with van der Waals surface area (Å²) in [6, 6.07) is 12.1. The predicted molar refractivity (Wildman–Crippen MR) is 86.9 cm³/mol. The molecule has 0 aliphatic heterocycles. The van der Waals surface area contributed by atoms with E-state index in [1.54, 1.807) is 30.3 Å². The van der Waals surface area contributed by atoms with Crippen LogP contribution in [0, 0.1) is 10.1 Å². The van der Waals surface area contributed by atoms with E-state index in [1.165, 1.54) is 19.1 Å². The van der Waals surface area contributed by atoms with Gasteiger partial charge >= 0.3 is 0 Å². The van der Waals surface area contributed by atoms with E-state index < -0.39 is 16.5 Å². The fourth-order valence-corrected chi connectivity index (χ4v) is 2.11. The molecule has 7 nitrogen and oxygen atoms in total.